The van der Waals surface area contributed by atoms with Gasteiger partial charge in [-0.15, -0.1) is 0 Å². The zero-order chi connectivity index (χ0) is 12.0. The van der Waals surface area contributed by atoms with Crippen molar-refractivity contribution in [1.82, 2.24) is 0 Å². The summed E-state index contributed by atoms with van der Waals surface area (Å²) in [4.78, 5) is 0.514. The highest BCUT2D eigenvalue weighted by Crippen LogP contribution is 2.26. The molecular formula is C13H25BrO2. The molecule has 16 heavy (non-hydrogen) atoms. The molecule has 1 rings (SSSR count). The largest absolute Gasteiger partial charge is 0.376 e. The summed E-state index contributed by atoms with van der Waals surface area (Å²) < 4.78 is 11.4. The van der Waals surface area contributed by atoms with E-state index in [9.17, 15) is 0 Å². The average molecular weight is 293 g/mol. The fourth-order valence-corrected chi connectivity index (χ4v) is 2.70. The summed E-state index contributed by atoms with van der Waals surface area (Å²) in [7, 11) is 1.74. The van der Waals surface area contributed by atoms with Crippen LogP contribution in [0.1, 0.15) is 52.4 Å². The van der Waals surface area contributed by atoms with Gasteiger partial charge in [-0.2, -0.15) is 0 Å². The molecule has 0 aromatic carbocycles. The fraction of sp³-hybridized carbons (Fsp3) is 1.00. The number of ether oxygens (including phenoxy) is 2. The molecule has 0 aromatic heterocycles. The van der Waals surface area contributed by atoms with E-state index in [0.717, 1.165) is 0 Å². The first-order valence-electron chi connectivity index (χ1n) is 6.36. The highest BCUT2D eigenvalue weighted by Gasteiger charge is 2.24. The maximum absolute atomic E-state index is 6.01. The Morgan fingerprint density at radius 2 is 1.75 bits per heavy atom. The lowest BCUT2D eigenvalue weighted by Crippen LogP contribution is -2.35. The zero-order valence-corrected chi connectivity index (χ0v) is 12.4. The molecule has 0 heterocycles. The second-order valence-electron chi connectivity index (χ2n) is 5.32. The smallest absolute Gasteiger partial charge is 0.0855 e. The maximum atomic E-state index is 6.01. The monoisotopic (exact) mass is 292 g/mol. The summed E-state index contributed by atoms with van der Waals surface area (Å²) in [6.07, 6.45) is 8.11. The fourth-order valence-electron chi connectivity index (χ4n) is 1.96. The third kappa shape index (κ3) is 5.15. The van der Waals surface area contributed by atoms with Crippen molar-refractivity contribution in [2.24, 2.45) is 0 Å². The van der Waals surface area contributed by atoms with Gasteiger partial charge >= 0.3 is 0 Å². The van der Waals surface area contributed by atoms with Crippen LogP contribution >= 0.6 is 15.9 Å². The molecule has 0 N–H and O–H groups in total. The lowest BCUT2D eigenvalue weighted by Gasteiger charge is -2.30. The van der Waals surface area contributed by atoms with Gasteiger partial charge in [-0.25, -0.2) is 0 Å². The quantitative estimate of drug-likeness (QED) is 0.732. The van der Waals surface area contributed by atoms with E-state index in [2.05, 4.69) is 29.8 Å². The average Bonchev–Trinajstić information content (AvgIpc) is 2.23. The van der Waals surface area contributed by atoms with Crippen LogP contribution in [-0.4, -0.2) is 30.2 Å². The Balaban J connectivity index is 2.37. The van der Waals surface area contributed by atoms with Crippen molar-refractivity contribution in [1.29, 1.82) is 0 Å². The van der Waals surface area contributed by atoms with E-state index >= 15 is 0 Å². The molecule has 0 amide bonds. The molecule has 0 bridgehead atoms. The van der Waals surface area contributed by atoms with Crippen LogP contribution in [0.5, 0.6) is 0 Å². The van der Waals surface area contributed by atoms with Crippen molar-refractivity contribution in [2.45, 2.75) is 68.9 Å². The first kappa shape index (κ1) is 14.5. The predicted octanol–water partition coefficient (Wildman–Crippen LogP) is 3.91. The molecule has 1 aliphatic carbocycles. The van der Waals surface area contributed by atoms with Crippen LogP contribution in [0.3, 0.4) is 0 Å². The maximum Gasteiger partial charge on any atom is 0.0855 e. The first-order chi connectivity index (χ1) is 7.55. The Morgan fingerprint density at radius 3 is 2.38 bits per heavy atom. The number of methoxy groups -OCH3 is 1. The molecule has 2 nitrogen and oxygen atoms in total. The van der Waals surface area contributed by atoms with Crippen LogP contribution in [0.2, 0.25) is 0 Å². The first-order valence-corrected chi connectivity index (χ1v) is 7.27. The van der Waals surface area contributed by atoms with Crippen LogP contribution in [-0.2, 0) is 9.47 Å². The van der Waals surface area contributed by atoms with Crippen LogP contribution < -0.4 is 0 Å². The van der Waals surface area contributed by atoms with Crippen molar-refractivity contribution in [3.63, 3.8) is 0 Å². The van der Waals surface area contributed by atoms with E-state index in [1.165, 1.54) is 38.5 Å². The minimum Gasteiger partial charge on any atom is -0.376 e. The molecule has 1 fully saturated rings. The summed E-state index contributed by atoms with van der Waals surface area (Å²) in [5, 5.41) is 0. The third-order valence-corrected chi connectivity index (χ3v) is 4.37. The van der Waals surface area contributed by atoms with Crippen LogP contribution in [0.15, 0.2) is 0 Å². The van der Waals surface area contributed by atoms with Gasteiger partial charge in [0.1, 0.15) is 0 Å². The van der Waals surface area contributed by atoms with E-state index in [1.54, 1.807) is 7.11 Å². The van der Waals surface area contributed by atoms with Gasteiger partial charge in [-0.3, -0.25) is 0 Å². The van der Waals surface area contributed by atoms with Crippen molar-refractivity contribution in [2.75, 3.05) is 13.7 Å². The van der Waals surface area contributed by atoms with Gasteiger partial charge in [0, 0.05) is 11.9 Å². The molecule has 96 valence electrons. The number of hydrogen-bond acceptors (Lipinski definition) is 2. The number of hydrogen-bond donors (Lipinski definition) is 0. The normalized spacial score (nSPS) is 28.5. The van der Waals surface area contributed by atoms with Gasteiger partial charge in [0.25, 0.3) is 0 Å². The molecule has 3 heteroatoms. The molecule has 1 aliphatic rings. The zero-order valence-electron chi connectivity index (χ0n) is 10.8. The van der Waals surface area contributed by atoms with Gasteiger partial charge in [0.15, 0.2) is 0 Å². The molecule has 2 atom stereocenters. The van der Waals surface area contributed by atoms with Gasteiger partial charge in [0.05, 0.1) is 18.3 Å². The molecule has 1 saturated carbocycles. The summed E-state index contributed by atoms with van der Waals surface area (Å²) >= 11 is 3.76. The van der Waals surface area contributed by atoms with Crippen molar-refractivity contribution >= 4 is 15.9 Å². The molecule has 0 aliphatic heterocycles. The topological polar surface area (TPSA) is 18.5 Å². The second-order valence-corrected chi connectivity index (χ2v) is 6.50. The summed E-state index contributed by atoms with van der Waals surface area (Å²) in [5.41, 5.74) is -0.172. The summed E-state index contributed by atoms with van der Waals surface area (Å²) in [6.45, 7) is 4.81. The standard InChI is InChI=1S/C13H25BrO2/c1-13(2,15-3)10-16-12-9-7-5-4-6-8-11(12)14/h11-12H,4-10H2,1-3H3. The molecular weight excluding hydrogens is 268 g/mol. The van der Waals surface area contributed by atoms with Crippen molar-refractivity contribution in [3.05, 3.63) is 0 Å². The van der Waals surface area contributed by atoms with Crippen LogP contribution in [0.4, 0.5) is 0 Å². The number of rotatable bonds is 4. The molecule has 0 radical (unpaired) electrons. The van der Waals surface area contributed by atoms with E-state index in [0.29, 0.717) is 17.5 Å². The van der Waals surface area contributed by atoms with Crippen molar-refractivity contribution < 1.29 is 9.47 Å². The number of halogens is 1. The minimum atomic E-state index is -0.172. The lowest BCUT2D eigenvalue weighted by atomic mass is 9.98. The van der Waals surface area contributed by atoms with Gasteiger partial charge in [-0.05, 0) is 26.7 Å². The minimum absolute atomic E-state index is 0.172. The van der Waals surface area contributed by atoms with Crippen LogP contribution in [0, 0.1) is 0 Å². The van der Waals surface area contributed by atoms with E-state index < -0.39 is 0 Å². The Morgan fingerprint density at radius 1 is 1.12 bits per heavy atom. The molecule has 0 aromatic rings. The second kappa shape index (κ2) is 6.97. The molecule has 2 unspecified atom stereocenters. The van der Waals surface area contributed by atoms with Gasteiger partial charge in [-0.1, -0.05) is 41.6 Å². The van der Waals surface area contributed by atoms with Crippen LogP contribution in [0.25, 0.3) is 0 Å². The Kier molecular flexibility index (Phi) is 6.30. The highest BCUT2D eigenvalue weighted by molar-refractivity contribution is 9.09. The van der Waals surface area contributed by atoms with E-state index in [-0.39, 0.29) is 5.60 Å². The SMILES string of the molecule is COC(C)(C)COC1CCCCCCC1Br. The summed E-state index contributed by atoms with van der Waals surface area (Å²) in [6, 6.07) is 0. The molecule has 0 spiro atoms. The Labute approximate surface area is 108 Å². The predicted molar refractivity (Wildman–Crippen MR) is 71.2 cm³/mol. The molecule has 0 saturated heterocycles. The van der Waals surface area contributed by atoms with Crippen molar-refractivity contribution in [3.8, 4) is 0 Å². The summed E-state index contributed by atoms with van der Waals surface area (Å²) in [5.74, 6) is 0. The van der Waals surface area contributed by atoms with E-state index in [1.807, 2.05) is 0 Å². The number of alkyl halides is 1. The Bertz CT molecular complexity index is 194. The Hall–Kier alpha value is 0.400. The van der Waals surface area contributed by atoms with Gasteiger partial charge in [0.2, 0.25) is 0 Å². The lowest BCUT2D eigenvalue weighted by molar-refractivity contribution is -0.0778. The third-order valence-electron chi connectivity index (χ3n) is 3.32. The highest BCUT2D eigenvalue weighted by atomic mass is 79.9. The van der Waals surface area contributed by atoms with Gasteiger partial charge < -0.3 is 9.47 Å². The van der Waals surface area contributed by atoms with E-state index in [4.69, 9.17) is 9.47 Å².